The molecule has 2 aliphatic rings. The summed E-state index contributed by atoms with van der Waals surface area (Å²) < 4.78 is 0. The Bertz CT molecular complexity index is 1010. The standard InChI is InChI=1S/C25H21B/c26-20-16-14-19(15-17-20)25(18-8-2-1-3-9-18)23-12-6-4-10-21(23)22-11-5-7-13-24(22)25/h1-10,12-17,22H,11,26H2. The average molecular weight is 332 g/mol. The van der Waals surface area contributed by atoms with E-state index in [1.165, 1.54) is 33.3 Å². The lowest BCUT2D eigenvalue weighted by molar-refractivity contribution is 0.693. The van der Waals surface area contributed by atoms with E-state index in [4.69, 9.17) is 0 Å². The van der Waals surface area contributed by atoms with E-state index in [0.29, 0.717) is 5.92 Å². The van der Waals surface area contributed by atoms with E-state index in [1.807, 2.05) is 0 Å². The number of rotatable bonds is 2. The molecule has 2 unspecified atom stereocenters. The minimum atomic E-state index is -0.193. The molecule has 0 N–H and O–H groups in total. The molecule has 0 aromatic heterocycles. The van der Waals surface area contributed by atoms with E-state index in [0.717, 1.165) is 6.42 Å². The Labute approximate surface area is 156 Å². The molecular weight excluding hydrogens is 311 g/mol. The van der Waals surface area contributed by atoms with Crippen LogP contribution in [-0.2, 0) is 5.41 Å². The van der Waals surface area contributed by atoms with Crippen molar-refractivity contribution in [3.05, 3.63) is 125 Å². The second-order valence-electron chi connectivity index (χ2n) is 7.41. The van der Waals surface area contributed by atoms with Crippen molar-refractivity contribution in [2.75, 3.05) is 0 Å². The minimum Gasteiger partial charge on any atom is -0.0889 e. The van der Waals surface area contributed by atoms with Gasteiger partial charge in [0, 0.05) is 5.92 Å². The van der Waals surface area contributed by atoms with Crippen LogP contribution in [0.4, 0.5) is 0 Å². The molecule has 0 radical (unpaired) electrons. The van der Waals surface area contributed by atoms with Gasteiger partial charge < -0.3 is 0 Å². The zero-order valence-electron chi connectivity index (χ0n) is 15.0. The smallest absolute Gasteiger partial charge is 0.0889 e. The van der Waals surface area contributed by atoms with Crippen molar-refractivity contribution in [3.63, 3.8) is 0 Å². The lowest BCUT2D eigenvalue weighted by atomic mass is 9.66. The predicted octanol–water partition coefficient (Wildman–Crippen LogP) is 4.26. The fourth-order valence-corrected chi connectivity index (χ4v) is 4.91. The Morgan fingerprint density at radius 3 is 2.27 bits per heavy atom. The van der Waals surface area contributed by atoms with Gasteiger partial charge in [-0.2, -0.15) is 0 Å². The van der Waals surface area contributed by atoms with Crippen LogP contribution in [0.5, 0.6) is 0 Å². The molecule has 2 aliphatic carbocycles. The van der Waals surface area contributed by atoms with Crippen molar-refractivity contribution < 1.29 is 0 Å². The minimum absolute atomic E-state index is 0.193. The van der Waals surface area contributed by atoms with Crippen molar-refractivity contribution in [1.29, 1.82) is 0 Å². The van der Waals surface area contributed by atoms with Crippen LogP contribution in [0.3, 0.4) is 0 Å². The largest absolute Gasteiger partial charge is 0.139 e. The molecule has 0 heterocycles. The summed E-state index contributed by atoms with van der Waals surface area (Å²) in [6.45, 7) is 0. The van der Waals surface area contributed by atoms with Crippen LogP contribution in [0.25, 0.3) is 0 Å². The van der Waals surface area contributed by atoms with Gasteiger partial charge in [0.25, 0.3) is 0 Å². The lowest BCUT2D eigenvalue weighted by Crippen LogP contribution is -2.30. The molecule has 0 aliphatic heterocycles. The van der Waals surface area contributed by atoms with E-state index in [9.17, 15) is 0 Å². The summed E-state index contributed by atoms with van der Waals surface area (Å²) in [4.78, 5) is 0. The van der Waals surface area contributed by atoms with Crippen molar-refractivity contribution in [2.24, 2.45) is 0 Å². The number of hydrogen-bond acceptors (Lipinski definition) is 0. The van der Waals surface area contributed by atoms with Crippen LogP contribution in [0.1, 0.15) is 34.6 Å². The summed E-state index contributed by atoms with van der Waals surface area (Å²) in [7, 11) is 2.16. The molecular formula is C25H21B. The van der Waals surface area contributed by atoms with Gasteiger partial charge in [-0.05, 0) is 34.2 Å². The first-order chi connectivity index (χ1) is 12.8. The van der Waals surface area contributed by atoms with Crippen molar-refractivity contribution in [3.8, 4) is 0 Å². The van der Waals surface area contributed by atoms with Gasteiger partial charge in [-0.25, -0.2) is 0 Å². The van der Waals surface area contributed by atoms with E-state index >= 15 is 0 Å². The lowest BCUT2D eigenvalue weighted by Gasteiger charge is -2.36. The summed E-state index contributed by atoms with van der Waals surface area (Å²) in [6, 6.07) is 29.2. The van der Waals surface area contributed by atoms with Crippen LogP contribution in [0.2, 0.25) is 0 Å². The summed E-state index contributed by atoms with van der Waals surface area (Å²) in [5.41, 5.74) is 8.27. The molecule has 0 nitrogen and oxygen atoms in total. The molecule has 3 aromatic rings. The summed E-state index contributed by atoms with van der Waals surface area (Å²) in [5.74, 6) is 0.470. The topological polar surface area (TPSA) is 0 Å². The number of allylic oxidation sites excluding steroid dienone is 4. The maximum Gasteiger partial charge on any atom is 0.139 e. The van der Waals surface area contributed by atoms with Gasteiger partial charge in [0.15, 0.2) is 0 Å². The van der Waals surface area contributed by atoms with Crippen molar-refractivity contribution in [2.45, 2.75) is 17.8 Å². The Kier molecular flexibility index (Phi) is 3.50. The fraction of sp³-hybridized carbons (Fsp3) is 0.120. The molecule has 0 bridgehead atoms. The third-order valence-corrected chi connectivity index (χ3v) is 6.02. The van der Waals surface area contributed by atoms with E-state index in [2.05, 4.69) is 105 Å². The third-order valence-electron chi connectivity index (χ3n) is 6.02. The highest BCUT2D eigenvalue weighted by Crippen LogP contribution is 2.58. The molecule has 0 saturated heterocycles. The monoisotopic (exact) mass is 332 g/mol. The first kappa shape index (κ1) is 15.5. The van der Waals surface area contributed by atoms with Crippen molar-refractivity contribution in [1.82, 2.24) is 0 Å². The Balaban J connectivity index is 1.91. The molecule has 1 heteroatoms. The third kappa shape index (κ3) is 2.04. The Hall–Kier alpha value is -2.80. The van der Waals surface area contributed by atoms with Crippen molar-refractivity contribution >= 4 is 13.3 Å². The van der Waals surface area contributed by atoms with E-state index < -0.39 is 0 Å². The van der Waals surface area contributed by atoms with Crippen LogP contribution < -0.4 is 5.46 Å². The molecule has 3 aromatic carbocycles. The molecule has 124 valence electrons. The number of benzene rings is 3. The molecule has 26 heavy (non-hydrogen) atoms. The zero-order valence-corrected chi connectivity index (χ0v) is 15.0. The first-order valence-corrected chi connectivity index (χ1v) is 9.41. The molecule has 5 rings (SSSR count). The predicted molar refractivity (Wildman–Crippen MR) is 112 cm³/mol. The van der Waals surface area contributed by atoms with Gasteiger partial charge in [0.1, 0.15) is 7.85 Å². The highest BCUT2D eigenvalue weighted by atomic mass is 14.5. The van der Waals surface area contributed by atoms with Crippen LogP contribution in [0.15, 0.2) is 103 Å². The van der Waals surface area contributed by atoms with Crippen LogP contribution in [0, 0.1) is 0 Å². The van der Waals surface area contributed by atoms with Crippen LogP contribution in [-0.4, -0.2) is 7.85 Å². The first-order valence-electron chi connectivity index (χ1n) is 9.41. The second-order valence-corrected chi connectivity index (χ2v) is 7.41. The maximum absolute atomic E-state index is 2.36. The molecule has 2 atom stereocenters. The molecule has 0 saturated carbocycles. The Morgan fingerprint density at radius 1 is 0.769 bits per heavy atom. The zero-order chi connectivity index (χ0) is 17.6. The van der Waals surface area contributed by atoms with Gasteiger partial charge in [-0.15, -0.1) is 0 Å². The number of fused-ring (bicyclic) bond motifs is 3. The van der Waals surface area contributed by atoms with Gasteiger partial charge in [-0.3, -0.25) is 0 Å². The van der Waals surface area contributed by atoms with Gasteiger partial charge in [0.05, 0.1) is 5.41 Å². The normalized spacial score (nSPS) is 23.2. The highest BCUT2D eigenvalue weighted by Gasteiger charge is 2.49. The molecule has 0 spiro atoms. The second kappa shape index (κ2) is 5.88. The summed E-state index contributed by atoms with van der Waals surface area (Å²) in [6.07, 6.45) is 8.00. The molecule has 0 fully saturated rings. The Morgan fingerprint density at radius 2 is 1.46 bits per heavy atom. The van der Waals surface area contributed by atoms with E-state index in [-0.39, 0.29) is 5.41 Å². The SMILES string of the molecule is Bc1ccc(C2(c3ccccc3)C3=CC=CCC3c3ccccc32)cc1. The molecule has 0 amide bonds. The van der Waals surface area contributed by atoms with E-state index in [1.54, 1.807) is 0 Å². The van der Waals surface area contributed by atoms with Crippen LogP contribution >= 0.6 is 0 Å². The number of hydrogen-bond donors (Lipinski definition) is 0. The van der Waals surface area contributed by atoms with Gasteiger partial charge in [-0.1, -0.05) is 103 Å². The van der Waals surface area contributed by atoms with Gasteiger partial charge >= 0.3 is 0 Å². The highest BCUT2D eigenvalue weighted by molar-refractivity contribution is 6.32. The summed E-state index contributed by atoms with van der Waals surface area (Å²) in [5, 5.41) is 0. The average Bonchev–Trinajstić information content (AvgIpc) is 3.01. The maximum atomic E-state index is 2.36. The summed E-state index contributed by atoms with van der Waals surface area (Å²) >= 11 is 0. The fourth-order valence-electron chi connectivity index (χ4n) is 4.91. The quantitative estimate of drug-likeness (QED) is 0.615. The van der Waals surface area contributed by atoms with Gasteiger partial charge in [0.2, 0.25) is 0 Å².